The number of amides is 2. The van der Waals surface area contributed by atoms with Crippen LogP contribution >= 0.6 is 0 Å². The van der Waals surface area contributed by atoms with Crippen LogP contribution in [0.15, 0.2) is 30.3 Å². The molecule has 0 bridgehead atoms. The minimum absolute atomic E-state index is 0.160. The molecule has 2 amide bonds. The Morgan fingerprint density at radius 3 is 2.41 bits per heavy atom. The zero-order valence-electron chi connectivity index (χ0n) is 12.2. The number of hydrogen-bond donors (Lipinski definition) is 4. The molecule has 0 unspecified atom stereocenters. The predicted molar refractivity (Wildman–Crippen MR) is 81.2 cm³/mol. The van der Waals surface area contributed by atoms with Crippen molar-refractivity contribution in [3.63, 3.8) is 0 Å². The summed E-state index contributed by atoms with van der Waals surface area (Å²) in [6.07, 6.45) is 1.49. The van der Waals surface area contributed by atoms with Crippen molar-refractivity contribution < 1.29 is 19.5 Å². The van der Waals surface area contributed by atoms with Gasteiger partial charge in [-0.3, -0.25) is 9.59 Å². The molecule has 1 aromatic rings. The number of aliphatic carboxylic acids is 1. The Morgan fingerprint density at radius 1 is 1.14 bits per heavy atom. The lowest BCUT2D eigenvalue weighted by atomic mass is 10.1. The summed E-state index contributed by atoms with van der Waals surface area (Å²) in [5.74, 6) is -1.74. The normalized spacial score (nSPS) is 11.5. The van der Waals surface area contributed by atoms with Crippen LogP contribution in [0.1, 0.15) is 29.6 Å². The second-order valence-corrected chi connectivity index (χ2v) is 4.78. The topological polar surface area (TPSA) is 122 Å². The van der Waals surface area contributed by atoms with Crippen molar-refractivity contribution in [2.45, 2.75) is 25.3 Å². The van der Waals surface area contributed by atoms with E-state index in [1.807, 2.05) is 6.07 Å². The lowest BCUT2D eigenvalue weighted by Crippen LogP contribution is -2.43. The Bertz CT molecular complexity index is 505. The van der Waals surface area contributed by atoms with E-state index in [9.17, 15) is 14.4 Å². The van der Waals surface area contributed by atoms with Gasteiger partial charge >= 0.3 is 5.97 Å². The second kappa shape index (κ2) is 9.51. The first-order chi connectivity index (χ1) is 10.5. The minimum atomic E-state index is -1.09. The van der Waals surface area contributed by atoms with Crippen LogP contribution in [0.2, 0.25) is 0 Å². The van der Waals surface area contributed by atoms with Gasteiger partial charge in [0.1, 0.15) is 6.04 Å². The first-order valence-electron chi connectivity index (χ1n) is 7.10. The third-order valence-electron chi connectivity index (χ3n) is 3.06. The number of carbonyl (C=O) groups is 3. The molecule has 0 radical (unpaired) electrons. The molecule has 1 rings (SSSR count). The number of hydrogen-bond acceptors (Lipinski definition) is 4. The van der Waals surface area contributed by atoms with Crippen LogP contribution in [0.4, 0.5) is 0 Å². The summed E-state index contributed by atoms with van der Waals surface area (Å²) in [6, 6.07) is 7.90. The number of carbonyl (C=O) groups excluding carboxylic acids is 2. The van der Waals surface area contributed by atoms with Gasteiger partial charge < -0.3 is 21.5 Å². The molecule has 0 aromatic heterocycles. The molecule has 22 heavy (non-hydrogen) atoms. The molecule has 7 heteroatoms. The van der Waals surface area contributed by atoms with Crippen LogP contribution in [-0.4, -0.2) is 42.0 Å². The third-order valence-corrected chi connectivity index (χ3v) is 3.06. The molecular formula is C15H21N3O4. The quantitative estimate of drug-likeness (QED) is 0.483. The molecule has 0 spiro atoms. The van der Waals surface area contributed by atoms with E-state index in [0.29, 0.717) is 31.4 Å². The molecular weight excluding hydrogens is 286 g/mol. The minimum Gasteiger partial charge on any atom is -0.480 e. The maximum Gasteiger partial charge on any atom is 0.326 e. The Balaban J connectivity index is 2.24. The fraction of sp³-hybridized carbons (Fsp3) is 0.400. The van der Waals surface area contributed by atoms with Crippen molar-refractivity contribution in [1.82, 2.24) is 10.6 Å². The van der Waals surface area contributed by atoms with Crippen LogP contribution in [0.25, 0.3) is 0 Å². The van der Waals surface area contributed by atoms with E-state index in [4.69, 9.17) is 10.8 Å². The van der Waals surface area contributed by atoms with E-state index in [0.717, 1.165) is 0 Å². The SMILES string of the molecule is NCC(=O)N[C@@H](CCCCNC(=O)c1ccccc1)C(=O)O. The van der Waals surface area contributed by atoms with Gasteiger partial charge in [-0.15, -0.1) is 0 Å². The Kier molecular flexibility index (Phi) is 7.63. The van der Waals surface area contributed by atoms with E-state index in [1.165, 1.54) is 0 Å². The highest BCUT2D eigenvalue weighted by Crippen LogP contribution is 2.02. The summed E-state index contributed by atoms with van der Waals surface area (Å²) in [6.45, 7) is 0.210. The fourth-order valence-corrected chi connectivity index (χ4v) is 1.88. The molecule has 0 aliphatic heterocycles. The van der Waals surface area contributed by atoms with Gasteiger partial charge in [0.2, 0.25) is 5.91 Å². The first kappa shape index (κ1) is 17.6. The summed E-state index contributed by atoms with van der Waals surface area (Å²) in [5.41, 5.74) is 5.72. The Labute approximate surface area is 128 Å². The first-order valence-corrected chi connectivity index (χ1v) is 7.10. The smallest absolute Gasteiger partial charge is 0.326 e. The molecule has 1 atom stereocenters. The number of nitrogens with two attached hydrogens (primary N) is 1. The highest BCUT2D eigenvalue weighted by atomic mass is 16.4. The molecule has 0 fully saturated rings. The second-order valence-electron chi connectivity index (χ2n) is 4.78. The van der Waals surface area contributed by atoms with Gasteiger partial charge in [-0.1, -0.05) is 18.2 Å². The van der Waals surface area contributed by atoms with Crippen LogP contribution in [-0.2, 0) is 9.59 Å². The number of nitrogens with one attached hydrogen (secondary N) is 2. The van der Waals surface area contributed by atoms with Crippen molar-refractivity contribution in [2.75, 3.05) is 13.1 Å². The van der Waals surface area contributed by atoms with Gasteiger partial charge in [0.15, 0.2) is 0 Å². The lowest BCUT2D eigenvalue weighted by Gasteiger charge is -2.13. The molecule has 0 aliphatic rings. The maximum atomic E-state index is 11.8. The average molecular weight is 307 g/mol. The van der Waals surface area contributed by atoms with E-state index in [2.05, 4.69) is 10.6 Å². The van der Waals surface area contributed by atoms with Crippen molar-refractivity contribution in [3.05, 3.63) is 35.9 Å². The fourth-order valence-electron chi connectivity index (χ4n) is 1.88. The van der Waals surface area contributed by atoms with Crippen LogP contribution < -0.4 is 16.4 Å². The van der Waals surface area contributed by atoms with E-state index in [1.54, 1.807) is 24.3 Å². The van der Waals surface area contributed by atoms with E-state index < -0.39 is 17.9 Å². The van der Waals surface area contributed by atoms with Crippen molar-refractivity contribution >= 4 is 17.8 Å². The van der Waals surface area contributed by atoms with Gasteiger partial charge in [-0.05, 0) is 31.4 Å². The van der Waals surface area contributed by atoms with Crippen molar-refractivity contribution in [1.29, 1.82) is 0 Å². The Hall–Kier alpha value is -2.41. The zero-order valence-corrected chi connectivity index (χ0v) is 12.2. The van der Waals surface area contributed by atoms with Crippen LogP contribution in [0.5, 0.6) is 0 Å². The molecule has 0 aliphatic carbocycles. The number of unbranched alkanes of at least 4 members (excludes halogenated alkanes) is 1. The van der Waals surface area contributed by atoms with E-state index in [-0.39, 0.29) is 12.5 Å². The Morgan fingerprint density at radius 2 is 1.82 bits per heavy atom. The summed E-state index contributed by atoms with van der Waals surface area (Å²) in [4.78, 5) is 33.8. The molecule has 0 saturated carbocycles. The highest BCUT2D eigenvalue weighted by Gasteiger charge is 2.18. The number of rotatable bonds is 9. The zero-order chi connectivity index (χ0) is 16.4. The summed E-state index contributed by atoms with van der Waals surface area (Å²) >= 11 is 0. The monoisotopic (exact) mass is 307 g/mol. The van der Waals surface area contributed by atoms with Crippen molar-refractivity contribution in [3.8, 4) is 0 Å². The van der Waals surface area contributed by atoms with Gasteiger partial charge in [-0.25, -0.2) is 4.79 Å². The molecule has 0 heterocycles. The summed E-state index contributed by atoms with van der Waals surface area (Å²) in [7, 11) is 0. The van der Waals surface area contributed by atoms with Crippen molar-refractivity contribution in [2.24, 2.45) is 5.73 Å². The van der Waals surface area contributed by atoms with Gasteiger partial charge in [0.05, 0.1) is 6.54 Å². The standard InChI is InChI=1S/C15H21N3O4/c16-10-13(19)18-12(15(21)22)8-4-5-9-17-14(20)11-6-2-1-3-7-11/h1-3,6-7,12H,4-5,8-10,16H2,(H,17,20)(H,18,19)(H,21,22)/t12-/m0/s1. The third kappa shape index (κ3) is 6.36. The molecule has 120 valence electrons. The molecule has 0 saturated heterocycles. The number of carboxylic acids is 1. The number of benzene rings is 1. The lowest BCUT2D eigenvalue weighted by molar-refractivity contribution is -0.141. The molecule has 7 nitrogen and oxygen atoms in total. The molecule has 5 N–H and O–H groups in total. The van der Waals surface area contributed by atoms with Gasteiger partial charge in [-0.2, -0.15) is 0 Å². The predicted octanol–water partition coefficient (Wildman–Crippen LogP) is 0.115. The highest BCUT2D eigenvalue weighted by molar-refractivity contribution is 5.94. The maximum absolute atomic E-state index is 11.8. The summed E-state index contributed by atoms with van der Waals surface area (Å²) in [5, 5.41) is 14.1. The van der Waals surface area contributed by atoms with Gasteiger partial charge in [0.25, 0.3) is 5.91 Å². The van der Waals surface area contributed by atoms with Crippen LogP contribution in [0, 0.1) is 0 Å². The molecule has 1 aromatic carbocycles. The largest absolute Gasteiger partial charge is 0.480 e. The summed E-state index contributed by atoms with van der Waals surface area (Å²) < 4.78 is 0. The number of carboxylic acid groups (broad SMARTS) is 1. The van der Waals surface area contributed by atoms with Crippen LogP contribution in [0.3, 0.4) is 0 Å². The average Bonchev–Trinajstić information content (AvgIpc) is 2.53. The van der Waals surface area contributed by atoms with E-state index >= 15 is 0 Å². The van der Waals surface area contributed by atoms with Gasteiger partial charge in [0, 0.05) is 12.1 Å².